The van der Waals surface area contributed by atoms with Crippen molar-refractivity contribution in [2.75, 3.05) is 0 Å². The van der Waals surface area contributed by atoms with E-state index in [-0.39, 0.29) is 24.0 Å². The third-order valence-electron chi connectivity index (χ3n) is 9.74. The second-order valence-electron chi connectivity index (χ2n) is 12.8. The number of benzene rings is 3. The molecule has 5 nitrogen and oxygen atoms in total. The summed E-state index contributed by atoms with van der Waals surface area (Å²) in [5.74, 6) is -18.3. The summed E-state index contributed by atoms with van der Waals surface area (Å²) < 4.78 is 176. The number of ether oxygens (including phenoxy) is 1. The molecule has 0 aromatic heterocycles. The molecule has 0 spiro atoms. The highest BCUT2D eigenvalue weighted by molar-refractivity contribution is 5.91. The molecule has 0 saturated heterocycles. The topological polar surface area (TPSA) is 65.5 Å². The number of rotatable bonds is 9. The van der Waals surface area contributed by atoms with Crippen molar-refractivity contribution in [1.82, 2.24) is 0 Å². The summed E-state index contributed by atoms with van der Waals surface area (Å²) in [7, 11) is 0. The molecule has 0 aliphatic heterocycles. The molecular weight excluding hydrogens is 761 g/mol. The summed E-state index contributed by atoms with van der Waals surface area (Å²) in [6.45, 7) is 19.4. The molecule has 0 saturated carbocycles. The van der Waals surface area contributed by atoms with Crippen LogP contribution in [0.1, 0.15) is 68.7 Å². The predicted molar refractivity (Wildman–Crippen MR) is 179 cm³/mol. The van der Waals surface area contributed by atoms with E-state index in [1.807, 2.05) is 0 Å². The van der Waals surface area contributed by atoms with Gasteiger partial charge >= 0.3 is 12.2 Å². The summed E-state index contributed by atoms with van der Waals surface area (Å²) >= 11 is 0. The maximum atomic E-state index is 16.4. The number of fused-ring (bicyclic) bond motifs is 2. The first kappa shape index (κ1) is 41.0. The van der Waals surface area contributed by atoms with Crippen LogP contribution in [0.5, 0.6) is 0 Å². The van der Waals surface area contributed by atoms with Gasteiger partial charge in [-0.25, -0.2) is 35.1 Å². The zero-order chi connectivity index (χ0) is 41.5. The lowest BCUT2D eigenvalue weighted by molar-refractivity contribution is -0.290. The lowest BCUT2D eigenvalue weighted by Crippen LogP contribution is -2.28. The van der Waals surface area contributed by atoms with Gasteiger partial charge in [0.1, 0.15) is 36.6 Å². The Morgan fingerprint density at radius 1 is 0.643 bits per heavy atom. The van der Waals surface area contributed by atoms with Crippen molar-refractivity contribution in [2.24, 2.45) is 0 Å². The molecule has 288 valence electrons. The van der Waals surface area contributed by atoms with E-state index in [4.69, 9.17) is 13.1 Å². The largest absolute Gasteiger partial charge is 0.573 e. The van der Waals surface area contributed by atoms with E-state index >= 15 is 35.1 Å². The van der Waals surface area contributed by atoms with Crippen molar-refractivity contribution in [3.8, 4) is 34.4 Å². The van der Waals surface area contributed by atoms with Crippen molar-refractivity contribution in [3.63, 3.8) is 0 Å². The van der Waals surface area contributed by atoms with Gasteiger partial charge in [0.05, 0.1) is 16.7 Å². The molecule has 2 aliphatic rings. The number of unbranched alkanes of at least 4 members (excludes halogenated alkanes) is 2. The van der Waals surface area contributed by atoms with Gasteiger partial charge in [0.25, 0.3) is 0 Å². The number of nitriles is 2. The molecule has 0 heterocycles. The number of alkyl halides is 3. The molecule has 2 aliphatic carbocycles. The Labute approximate surface area is 312 Å². The van der Waals surface area contributed by atoms with Crippen molar-refractivity contribution >= 4 is 11.3 Å². The average Bonchev–Trinajstić information content (AvgIpc) is 3.68. The van der Waals surface area contributed by atoms with Gasteiger partial charge in [0.15, 0.2) is 46.5 Å². The first-order valence-corrected chi connectivity index (χ1v) is 16.9. The highest BCUT2D eigenvalue weighted by Gasteiger charge is 2.43. The predicted octanol–water partition coefficient (Wildman–Crippen LogP) is 10.1. The van der Waals surface area contributed by atoms with Gasteiger partial charge < -0.3 is 4.74 Å². The highest BCUT2D eigenvalue weighted by Crippen LogP contribution is 2.44. The minimum absolute atomic E-state index is 0.0436. The molecule has 0 N–H and O–H groups in total. The van der Waals surface area contributed by atoms with Gasteiger partial charge in [-0.3, -0.25) is 0 Å². The smallest absolute Gasteiger partial charge is 0.405 e. The molecule has 0 fully saturated rings. The van der Waals surface area contributed by atoms with Gasteiger partial charge in [-0.15, -0.1) is 13.2 Å². The van der Waals surface area contributed by atoms with Crippen LogP contribution < -0.4 is 10.4 Å². The molecule has 0 unspecified atom stereocenters. The van der Waals surface area contributed by atoms with E-state index in [1.54, 1.807) is 13.8 Å². The number of hydrogen-bond donors (Lipinski definition) is 0. The SMILES string of the molecule is [C-]#[N+]C([N+]#[C-])=C1Cc2c(-c3c(F)c(F)c(CCCC)c(F)c3F)c3c(c(-c4c(F)c(F)c(CCCC)c(F)c4F)c2=C1C)CC(=C(C#N)C#N)C=3OC(F)(F)F. The highest BCUT2D eigenvalue weighted by atomic mass is 19.4. The second kappa shape index (κ2) is 15.5. The van der Waals surface area contributed by atoms with Gasteiger partial charge in [0, 0.05) is 33.9 Å². The maximum Gasteiger partial charge on any atom is 0.573 e. The van der Waals surface area contributed by atoms with Gasteiger partial charge in [0.2, 0.25) is 0 Å². The number of hydrogen-bond acceptors (Lipinski definition) is 3. The summed E-state index contributed by atoms with van der Waals surface area (Å²) in [5.41, 5.74) is -11.5. The Bertz CT molecular complexity index is 2520. The first-order chi connectivity index (χ1) is 26.4. The summed E-state index contributed by atoms with van der Waals surface area (Å²) in [5, 5.41) is 17.7. The Hall–Kier alpha value is -6.13. The van der Waals surface area contributed by atoms with E-state index in [9.17, 15) is 23.7 Å². The van der Waals surface area contributed by atoms with Crippen molar-refractivity contribution in [2.45, 2.75) is 78.5 Å². The molecule has 0 atom stereocenters. The monoisotopic (exact) mass is 786 g/mol. The van der Waals surface area contributed by atoms with Gasteiger partial charge in [-0.2, -0.15) is 20.2 Å². The molecule has 16 heteroatoms. The Morgan fingerprint density at radius 3 is 1.41 bits per heavy atom. The number of halogens is 11. The normalized spacial score (nSPS) is 13.2. The van der Waals surface area contributed by atoms with Gasteiger partial charge in [-0.05, 0) is 66.5 Å². The van der Waals surface area contributed by atoms with E-state index in [0.29, 0.717) is 12.8 Å². The Balaban J connectivity index is 2.22. The summed E-state index contributed by atoms with van der Waals surface area (Å²) in [6, 6.07) is 2.67. The van der Waals surface area contributed by atoms with Crippen LogP contribution in [-0.4, -0.2) is 6.36 Å². The Morgan fingerprint density at radius 2 is 1.04 bits per heavy atom. The minimum Gasteiger partial charge on any atom is -0.405 e. The second-order valence-corrected chi connectivity index (χ2v) is 12.8. The lowest BCUT2D eigenvalue weighted by Gasteiger charge is -2.20. The molecule has 56 heavy (non-hydrogen) atoms. The van der Waals surface area contributed by atoms with Crippen molar-refractivity contribution < 1.29 is 53.0 Å². The fourth-order valence-electron chi connectivity index (χ4n) is 7.23. The molecule has 0 bridgehead atoms. The van der Waals surface area contributed by atoms with Crippen LogP contribution in [0.4, 0.5) is 48.3 Å². The van der Waals surface area contributed by atoms with Crippen LogP contribution in [0.25, 0.3) is 43.3 Å². The summed E-state index contributed by atoms with van der Waals surface area (Å²) in [4.78, 5) is 6.19. The third kappa shape index (κ3) is 6.53. The van der Waals surface area contributed by atoms with Crippen molar-refractivity contribution in [3.05, 3.63) is 125 Å². The number of allylic oxidation sites excluding steroid dienone is 2. The molecule has 0 radical (unpaired) electrons. The molecule has 3 aromatic carbocycles. The van der Waals surface area contributed by atoms with Crippen LogP contribution in [0.15, 0.2) is 22.5 Å². The molecular formula is C40H25F11N4O. The van der Waals surface area contributed by atoms with E-state index in [0.717, 1.165) is 6.92 Å². The average molecular weight is 787 g/mol. The van der Waals surface area contributed by atoms with Crippen LogP contribution in [0.2, 0.25) is 0 Å². The Kier molecular flexibility index (Phi) is 11.4. The van der Waals surface area contributed by atoms with E-state index < -0.39 is 156 Å². The molecule has 3 aromatic rings. The quantitative estimate of drug-likeness (QED) is 0.0939. The first-order valence-electron chi connectivity index (χ1n) is 16.9. The zero-order valence-corrected chi connectivity index (χ0v) is 29.5. The van der Waals surface area contributed by atoms with Crippen LogP contribution in [0, 0.1) is 82.3 Å². The van der Waals surface area contributed by atoms with Crippen LogP contribution in [-0.2, 0) is 30.4 Å². The summed E-state index contributed by atoms with van der Waals surface area (Å²) in [6.07, 6.45) is -8.00. The third-order valence-corrected chi connectivity index (χ3v) is 9.74. The van der Waals surface area contributed by atoms with Crippen LogP contribution >= 0.6 is 0 Å². The van der Waals surface area contributed by atoms with E-state index in [1.165, 1.54) is 12.1 Å². The molecule has 5 rings (SSSR count). The lowest BCUT2D eigenvalue weighted by atomic mass is 9.85. The maximum absolute atomic E-state index is 16.4. The van der Waals surface area contributed by atoms with Crippen LogP contribution in [0.3, 0.4) is 0 Å². The molecule has 0 amide bonds. The zero-order valence-electron chi connectivity index (χ0n) is 29.5. The van der Waals surface area contributed by atoms with Gasteiger partial charge in [-0.1, -0.05) is 26.7 Å². The minimum atomic E-state index is -5.74. The van der Waals surface area contributed by atoms with Crippen molar-refractivity contribution in [1.29, 1.82) is 10.5 Å². The number of nitrogens with zero attached hydrogens (tertiary/aromatic N) is 4. The fraction of sp³-hybridized carbons (Fsp3) is 0.300. The standard InChI is InChI=1S/C40H25F11N4O/c1-6-8-10-18-30(41)34(45)28(35(46)31(18)42)25-23-13-21(17(14-52)15-53)38(56-40(49,50)51)27(23)26(22-12-20(16(3)24(22)25)39(54-4)55-5)29-36(47)32(43)19(11-9-7-2)33(44)37(29)48/h6-13H2,1-3H3. The fourth-order valence-corrected chi connectivity index (χ4v) is 7.23. The van der Waals surface area contributed by atoms with E-state index in [2.05, 4.69) is 14.4 Å².